The lowest BCUT2D eigenvalue weighted by molar-refractivity contribution is 0.0793. The van der Waals surface area contributed by atoms with Gasteiger partial charge in [0.15, 0.2) is 0 Å². The van der Waals surface area contributed by atoms with Gasteiger partial charge in [-0.2, -0.15) is 5.10 Å². The molecule has 3 rings (SSSR count). The summed E-state index contributed by atoms with van der Waals surface area (Å²) in [7, 11) is 1.77. The van der Waals surface area contributed by atoms with Crippen LogP contribution in [-0.2, 0) is 6.42 Å². The van der Waals surface area contributed by atoms with Crippen molar-refractivity contribution in [3.05, 3.63) is 75.9 Å². The Morgan fingerprint density at radius 1 is 1.12 bits per heavy atom. The number of hydrogen-bond acceptors (Lipinski definition) is 2. The summed E-state index contributed by atoms with van der Waals surface area (Å²) in [5, 5.41) is 8.30. The van der Waals surface area contributed by atoms with Crippen LogP contribution in [0.5, 0.6) is 0 Å². The highest BCUT2D eigenvalue weighted by atomic mass is 35.5. The van der Waals surface area contributed by atoms with E-state index in [2.05, 4.69) is 10.2 Å². The number of aryl methyl sites for hydroxylation is 1. The monoisotopic (exact) mass is 387 g/mol. The van der Waals surface area contributed by atoms with E-state index in [0.29, 0.717) is 22.2 Å². The Labute approximate surface area is 162 Å². The molecule has 0 unspecified atom stereocenters. The fourth-order valence-electron chi connectivity index (χ4n) is 2.72. The van der Waals surface area contributed by atoms with Gasteiger partial charge in [0.05, 0.1) is 16.3 Å². The molecule has 26 heavy (non-hydrogen) atoms. The first-order chi connectivity index (χ1) is 12.5. The zero-order valence-electron chi connectivity index (χ0n) is 14.4. The lowest BCUT2D eigenvalue weighted by Gasteiger charge is -2.17. The number of aromatic amines is 1. The summed E-state index contributed by atoms with van der Waals surface area (Å²) in [6.45, 7) is 0.622. The smallest absolute Gasteiger partial charge is 0.255 e. The Kier molecular flexibility index (Phi) is 5.96. The van der Waals surface area contributed by atoms with Gasteiger partial charge in [-0.3, -0.25) is 9.89 Å². The van der Waals surface area contributed by atoms with E-state index >= 15 is 0 Å². The Bertz CT molecular complexity index is 893. The molecule has 0 bridgehead atoms. The van der Waals surface area contributed by atoms with Crippen LogP contribution in [0.15, 0.2) is 54.6 Å². The van der Waals surface area contributed by atoms with Crippen molar-refractivity contribution < 1.29 is 4.79 Å². The minimum atomic E-state index is -0.110. The number of carbonyl (C=O) groups is 1. The van der Waals surface area contributed by atoms with Gasteiger partial charge < -0.3 is 4.90 Å². The maximum Gasteiger partial charge on any atom is 0.255 e. The van der Waals surface area contributed by atoms with Gasteiger partial charge in [0.25, 0.3) is 5.91 Å². The molecule has 0 fully saturated rings. The third-order valence-corrected chi connectivity index (χ3v) is 4.70. The van der Waals surface area contributed by atoms with Gasteiger partial charge in [-0.05, 0) is 37.1 Å². The average Bonchev–Trinajstić information content (AvgIpc) is 3.11. The topological polar surface area (TPSA) is 49.0 Å². The number of H-pyrrole nitrogens is 1. The summed E-state index contributed by atoms with van der Waals surface area (Å²) in [6.07, 6.45) is 1.63. The van der Waals surface area contributed by atoms with Crippen LogP contribution in [0.25, 0.3) is 11.3 Å². The fraction of sp³-hybridized carbons (Fsp3) is 0.200. The van der Waals surface area contributed by atoms with Crippen LogP contribution in [0.1, 0.15) is 22.5 Å². The van der Waals surface area contributed by atoms with Gasteiger partial charge in [-0.15, -0.1) is 0 Å². The van der Waals surface area contributed by atoms with E-state index in [1.54, 1.807) is 30.1 Å². The molecule has 3 aromatic rings. The molecule has 0 aliphatic heterocycles. The Morgan fingerprint density at radius 3 is 2.62 bits per heavy atom. The van der Waals surface area contributed by atoms with Crippen LogP contribution < -0.4 is 0 Å². The van der Waals surface area contributed by atoms with Gasteiger partial charge in [0, 0.05) is 29.9 Å². The van der Waals surface area contributed by atoms with Gasteiger partial charge in [-0.1, -0.05) is 53.5 Å². The SMILES string of the molecule is CN(CCCc1cc(-c2ccccc2)n[nH]1)C(=O)c1ccc(Cl)cc1Cl. The largest absolute Gasteiger partial charge is 0.342 e. The van der Waals surface area contributed by atoms with E-state index in [0.717, 1.165) is 29.8 Å². The third kappa shape index (κ3) is 4.45. The summed E-state index contributed by atoms with van der Waals surface area (Å²) in [4.78, 5) is 14.2. The maximum atomic E-state index is 12.5. The lowest BCUT2D eigenvalue weighted by atomic mass is 10.1. The Morgan fingerprint density at radius 2 is 1.88 bits per heavy atom. The number of amides is 1. The first-order valence-electron chi connectivity index (χ1n) is 8.35. The molecule has 134 valence electrons. The molecule has 1 heterocycles. The van der Waals surface area contributed by atoms with E-state index in [-0.39, 0.29) is 5.91 Å². The zero-order chi connectivity index (χ0) is 18.5. The quantitative estimate of drug-likeness (QED) is 0.640. The van der Waals surface area contributed by atoms with Crippen LogP contribution in [0.3, 0.4) is 0 Å². The van der Waals surface area contributed by atoms with E-state index in [1.807, 2.05) is 36.4 Å². The molecule has 0 atom stereocenters. The number of benzene rings is 2. The summed E-state index contributed by atoms with van der Waals surface area (Å²) in [5.41, 5.74) is 3.53. The standard InChI is InChI=1S/C20H19Cl2N3O/c1-25(20(26)17-10-9-15(21)12-18(17)22)11-5-8-16-13-19(24-23-16)14-6-3-2-4-7-14/h2-4,6-7,9-10,12-13H,5,8,11H2,1H3,(H,23,24). The maximum absolute atomic E-state index is 12.5. The predicted octanol–water partition coefficient (Wildman–Crippen LogP) is 5.09. The van der Waals surface area contributed by atoms with Crippen LogP contribution >= 0.6 is 23.2 Å². The number of aromatic nitrogens is 2. The molecule has 0 saturated heterocycles. The molecule has 2 aromatic carbocycles. The van der Waals surface area contributed by atoms with Crippen molar-refractivity contribution in [1.29, 1.82) is 0 Å². The second-order valence-corrected chi connectivity index (χ2v) is 6.94. The molecular weight excluding hydrogens is 369 g/mol. The minimum Gasteiger partial charge on any atom is -0.342 e. The minimum absolute atomic E-state index is 0.110. The highest BCUT2D eigenvalue weighted by Crippen LogP contribution is 2.22. The molecule has 0 saturated carbocycles. The number of nitrogens with zero attached hydrogens (tertiary/aromatic N) is 2. The van der Waals surface area contributed by atoms with Crippen molar-refractivity contribution in [3.8, 4) is 11.3 Å². The van der Waals surface area contributed by atoms with Gasteiger partial charge in [0.1, 0.15) is 0 Å². The molecule has 6 heteroatoms. The number of nitrogens with one attached hydrogen (secondary N) is 1. The average molecular weight is 388 g/mol. The van der Waals surface area contributed by atoms with Crippen molar-refractivity contribution in [1.82, 2.24) is 15.1 Å². The normalized spacial score (nSPS) is 10.7. The molecule has 1 N–H and O–H groups in total. The van der Waals surface area contributed by atoms with Gasteiger partial charge >= 0.3 is 0 Å². The highest BCUT2D eigenvalue weighted by Gasteiger charge is 2.15. The van der Waals surface area contributed by atoms with E-state index in [1.165, 1.54) is 0 Å². The molecule has 0 aliphatic carbocycles. The first kappa shape index (κ1) is 18.5. The predicted molar refractivity (Wildman–Crippen MR) is 106 cm³/mol. The molecular formula is C20H19Cl2N3O. The molecule has 1 amide bonds. The molecule has 1 aromatic heterocycles. The third-order valence-electron chi connectivity index (χ3n) is 4.15. The summed E-state index contributed by atoms with van der Waals surface area (Å²) >= 11 is 12.0. The fourth-order valence-corrected chi connectivity index (χ4v) is 3.21. The van der Waals surface area contributed by atoms with Crippen LogP contribution in [0.2, 0.25) is 10.0 Å². The first-order valence-corrected chi connectivity index (χ1v) is 9.10. The van der Waals surface area contributed by atoms with Crippen molar-refractivity contribution in [2.24, 2.45) is 0 Å². The summed E-state index contributed by atoms with van der Waals surface area (Å²) in [5.74, 6) is -0.110. The van der Waals surface area contributed by atoms with Crippen molar-refractivity contribution in [2.45, 2.75) is 12.8 Å². The highest BCUT2D eigenvalue weighted by molar-refractivity contribution is 6.36. The van der Waals surface area contributed by atoms with Crippen LogP contribution in [0, 0.1) is 0 Å². The summed E-state index contributed by atoms with van der Waals surface area (Å²) < 4.78 is 0. The molecule has 0 aliphatic rings. The Hall–Kier alpha value is -2.30. The summed E-state index contributed by atoms with van der Waals surface area (Å²) in [6, 6.07) is 17.0. The Balaban J connectivity index is 1.54. The van der Waals surface area contributed by atoms with E-state index in [4.69, 9.17) is 23.2 Å². The molecule has 0 radical (unpaired) electrons. The van der Waals surface area contributed by atoms with E-state index < -0.39 is 0 Å². The van der Waals surface area contributed by atoms with E-state index in [9.17, 15) is 4.79 Å². The van der Waals surface area contributed by atoms with Crippen molar-refractivity contribution in [3.63, 3.8) is 0 Å². The second kappa shape index (κ2) is 8.39. The van der Waals surface area contributed by atoms with Crippen molar-refractivity contribution >= 4 is 29.1 Å². The number of rotatable bonds is 6. The van der Waals surface area contributed by atoms with Crippen LogP contribution in [-0.4, -0.2) is 34.6 Å². The number of halogens is 2. The zero-order valence-corrected chi connectivity index (χ0v) is 15.9. The number of carbonyl (C=O) groups excluding carboxylic acids is 1. The van der Waals surface area contributed by atoms with Crippen molar-refractivity contribution in [2.75, 3.05) is 13.6 Å². The lowest BCUT2D eigenvalue weighted by Crippen LogP contribution is -2.28. The number of hydrogen-bond donors (Lipinski definition) is 1. The molecule has 4 nitrogen and oxygen atoms in total. The second-order valence-electron chi connectivity index (χ2n) is 6.10. The van der Waals surface area contributed by atoms with Crippen LogP contribution in [0.4, 0.5) is 0 Å². The van der Waals surface area contributed by atoms with Gasteiger partial charge in [0.2, 0.25) is 0 Å². The van der Waals surface area contributed by atoms with Gasteiger partial charge in [-0.25, -0.2) is 0 Å². The molecule has 0 spiro atoms.